The van der Waals surface area contributed by atoms with Gasteiger partial charge in [-0.3, -0.25) is 9.59 Å². The van der Waals surface area contributed by atoms with Crippen molar-refractivity contribution in [2.75, 3.05) is 26.2 Å². The summed E-state index contributed by atoms with van der Waals surface area (Å²) in [7, 11) is 0. The largest absolute Gasteiger partial charge is 0.351 e. The first-order valence-electron chi connectivity index (χ1n) is 14.5. The van der Waals surface area contributed by atoms with Crippen molar-refractivity contribution in [1.82, 2.24) is 20.9 Å². The monoisotopic (exact) mass is 548 g/mol. The first-order valence-corrected chi connectivity index (χ1v) is 14.9. The third-order valence-electron chi connectivity index (χ3n) is 8.72. The number of piperidine rings is 1. The second kappa shape index (κ2) is 12.6. The van der Waals surface area contributed by atoms with Gasteiger partial charge in [-0.15, -0.1) is 0 Å². The average Bonchev–Trinajstić information content (AvgIpc) is 3.31. The summed E-state index contributed by atoms with van der Waals surface area (Å²) in [4.78, 5) is 29.5. The van der Waals surface area contributed by atoms with Crippen LogP contribution in [0.25, 0.3) is 0 Å². The number of hydrogen-bond acceptors (Lipinski definition) is 4. The minimum Gasteiger partial charge on any atom is -0.351 e. The summed E-state index contributed by atoms with van der Waals surface area (Å²) in [5, 5.41) is 10.6. The van der Waals surface area contributed by atoms with E-state index in [4.69, 9.17) is 11.6 Å². The van der Waals surface area contributed by atoms with Crippen molar-refractivity contribution in [2.45, 2.75) is 102 Å². The minimum absolute atomic E-state index is 0.0203. The minimum atomic E-state index is -0.832. The maximum absolute atomic E-state index is 13.9. The molecule has 3 fully saturated rings. The normalized spacial score (nSPS) is 25.2. The Morgan fingerprint density at radius 1 is 1.13 bits per heavy atom. The van der Waals surface area contributed by atoms with Crippen molar-refractivity contribution in [3.63, 3.8) is 0 Å². The summed E-state index contributed by atoms with van der Waals surface area (Å²) in [6, 6.07) is 7.21. The van der Waals surface area contributed by atoms with Crippen molar-refractivity contribution in [3.8, 4) is 0 Å². The molecule has 3 atom stereocenters. The molecule has 2 heterocycles. The van der Waals surface area contributed by atoms with E-state index in [0.717, 1.165) is 18.4 Å². The van der Waals surface area contributed by atoms with Gasteiger partial charge in [-0.2, -0.15) is 0 Å². The number of amides is 2. The van der Waals surface area contributed by atoms with Crippen LogP contribution in [0.3, 0.4) is 0 Å². The SMILES string of the molecule is CC(C)(C)NC(=O)C1(C2CCCCC2)CCN(C(=O)[C@@H](Cc2ccc(Cl)cc2)NC[C@H]2C[C@H](F)CN2)CC1. The van der Waals surface area contributed by atoms with Crippen LogP contribution >= 0.6 is 11.6 Å². The number of nitrogens with one attached hydrogen (secondary N) is 3. The molecule has 2 aliphatic heterocycles. The van der Waals surface area contributed by atoms with Crippen molar-refractivity contribution in [1.29, 1.82) is 0 Å². The van der Waals surface area contributed by atoms with Crippen LogP contribution in [0.4, 0.5) is 4.39 Å². The number of likely N-dealkylation sites (tertiary alicyclic amines) is 1. The van der Waals surface area contributed by atoms with Gasteiger partial charge in [-0.25, -0.2) is 4.39 Å². The summed E-state index contributed by atoms with van der Waals surface area (Å²) < 4.78 is 13.7. The number of alkyl halides is 1. The van der Waals surface area contributed by atoms with Gasteiger partial charge >= 0.3 is 0 Å². The van der Waals surface area contributed by atoms with Crippen molar-refractivity contribution < 1.29 is 14.0 Å². The Morgan fingerprint density at radius 2 is 1.79 bits per heavy atom. The fraction of sp³-hybridized carbons (Fsp3) is 0.733. The van der Waals surface area contributed by atoms with Gasteiger partial charge in [-0.1, -0.05) is 43.0 Å². The summed E-state index contributed by atoms with van der Waals surface area (Å²) in [5.41, 5.74) is 0.334. The number of nitrogens with zero attached hydrogens (tertiary/aromatic N) is 1. The summed E-state index contributed by atoms with van der Waals surface area (Å²) in [6.45, 7) is 8.19. The Kier molecular flexibility index (Phi) is 9.75. The molecule has 2 amide bonds. The third-order valence-corrected chi connectivity index (χ3v) is 8.98. The lowest BCUT2D eigenvalue weighted by atomic mass is 9.63. The molecular weight excluding hydrogens is 503 g/mol. The molecule has 1 aromatic rings. The van der Waals surface area contributed by atoms with Gasteiger partial charge in [0.2, 0.25) is 11.8 Å². The lowest BCUT2D eigenvalue weighted by Crippen LogP contribution is -2.59. The molecule has 0 bridgehead atoms. The predicted molar refractivity (Wildman–Crippen MR) is 151 cm³/mol. The van der Waals surface area contributed by atoms with E-state index in [1.807, 2.05) is 49.9 Å². The molecule has 8 heteroatoms. The number of carbonyl (C=O) groups is 2. The molecule has 2 saturated heterocycles. The van der Waals surface area contributed by atoms with E-state index in [1.54, 1.807) is 0 Å². The van der Waals surface area contributed by atoms with Crippen molar-refractivity contribution >= 4 is 23.4 Å². The Hall–Kier alpha value is -1.70. The molecule has 212 valence electrons. The van der Waals surface area contributed by atoms with Crippen LogP contribution in [0.2, 0.25) is 5.02 Å². The van der Waals surface area contributed by atoms with Gasteiger partial charge in [-0.05, 0) is 82.9 Å². The fourth-order valence-corrected chi connectivity index (χ4v) is 6.73. The quantitative estimate of drug-likeness (QED) is 0.442. The van der Waals surface area contributed by atoms with E-state index in [0.29, 0.717) is 62.8 Å². The molecule has 3 aliphatic rings. The second-order valence-corrected chi connectivity index (χ2v) is 13.2. The second-order valence-electron chi connectivity index (χ2n) is 12.8. The predicted octanol–water partition coefficient (Wildman–Crippen LogP) is 4.64. The number of carbonyl (C=O) groups excluding carboxylic acids is 2. The summed E-state index contributed by atoms with van der Waals surface area (Å²) in [5.74, 6) is 0.595. The molecule has 0 aromatic heterocycles. The molecule has 3 N–H and O–H groups in total. The zero-order valence-corrected chi connectivity index (χ0v) is 24.1. The standard InChI is InChI=1S/C30H46ClFN4O2/c1-29(2,3)35-28(38)30(22-7-5-4-6-8-22)13-15-36(16-14-30)27(37)26(17-21-9-11-23(31)12-10-21)34-20-25-18-24(32)19-33-25/h9-12,22,24-26,33-34H,4-8,13-20H2,1-3H3,(H,35,38)/t24-,25+,26+/m0/s1. The molecule has 0 radical (unpaired) electrons. The molecule has 0 unspecified atom stereocenters. The number of rotatable bonds is 8. The Balaban J connectivity index is 1.46. The molecule has 1 aromatic carbocycles. The molecule has 0 spiro atoms. The third kappa shape index (κ3) is 7.48. The van der Waals surface area contributed by atoms with E-state index in [9.17, 15) is 14.0 Å². The van der Waals surface area contributed by atoms with Crippen LogP contribution in [-0.4, -0.2) is 66.7 Å². The lowest BCUT2D eigenvalue weighted by molar-refractivity contribution is -0.147. The summed E-state index contributed by atoms with van der Waals surface area (Å²) in [6.07, 6.45) is 7.37. The zero-order chi connectivity index (χ0) is 27.3. The highest BCUT2D eigenvalue weighted by molar-refractivity contribution is 6.30. The van der Waals surface area contributed by atoms with Gasteiger partial charge in [0, 0.05) is 42.8 Å². The lowest BCUT2D eigenvalue weighted by Gasteiger charge is -2.48. The number of benzene rings is 1. The van der Waals surface area contributed by atoms with Gasteiger partial charge in [0.05, 0.1) is 11.5 Å². The highest BCUT2D eigenvalue weighted by Crippen LogP contribution is 2.46. The smallest absolute Gasteiger partial charge is 0.240 e. The Labute approximate surface area is 232 Å². The van der Waals surface area contributed by atoms with Crippen molar-refractivity contribution in [2.24, 2.45) is 11.3 Å². The zero-order valence-electron chi connectivity index (χ0n) is 23.3. The highest BCUT2D eigenvalue weighted by atomic mass is 35.5. The molecule has 4 rings (SSSR count). The number of hydrogen-bond donors (Lipinski definition) is 3. The van der Waals surface area contributed by atoms with E-state index in [2.05, 4.69) is 16.0 Å². The molecule has 1 aliphatic carbocycles. The Bertz CT molecular complexity index is 937. The maximum atomic E-state index is 13.9. The van der Waals surface area contributed by atoms with Gasteiger partial charge in [0.25, 0.3) is 0 Å². The molecule has 1 saturated carbocycles. The summed E-state index contributed by atoms with van der Waals surface area (Å²) >= 11 is 6.08. The molecular formula is C30H46ClFN4O2. The van der Waals surface area contributed by atoms with Crippen LogP contribution in [0, 0.1) is 11.3 Å². The maximum Gasteiger partial charge on any atom is 0.240 e. The topological polar surface area (TPSA) is 73.5 Å². The first-order chi connectivity index (χ1) is 18.1. The van der Waals surface area contributed by atoms with Gasteiger partial charge in [0.1, 0.15) is 6.17 Å². The Morgan fingerprint density at radius 3 is 2.37 bits per heavy atom. The van der Waals surface area contributed by atoms with Crippen LogP contribution in [0.1, 0.15) is 77.7 Å². The van der Waals surface area contributed by atoms with Crippen LogP contribution in [0.5, 0.6) is 0 Å². The number of halogens is 2. The van der Waals surface area contributed by atoms with E-state index in [-0.39, 0.29) is 23.4 Å². The van der Waals surface area contributed by atoms with Crippen LogP contribution in [0.15, 0.2) is 24.3 Å². The first kappa shape index (κ1) is 29.3. The fourth-order valence-electron chi connectivity index (χ4n) is 6.60. The van der Waals surface area contributed by atoms with Crippen LogP contribution < -0.4 is 16.0 Å². The van der Waals surface area contributed by atoms with Gasteiger partial charge < -0.3 is 20.9 Å². The van der Waals surface area contributed by atoms with E-state index >= 15 is 0 Å². The van der Waals surface area contributed by atoms with Crippen LogP contribution in [-0.2, 0) is 16.0 Å². The molecule has 6 nitrogen and oxygen atoms in total. The van der Waals surface area contributed by atoms with E-state index < -0.39 is 17.6 Å². The highest BCUT2D eigenvalue weighted by Gasteiger charge is 2.49. The van der Waals surface area contributed by atoms with Crippen molar-refractivity contribution in [3.05, 3.63) is 34.9 Å². The van der Waals surface area contributed by atoms with E-state index in [1.165, 1.54) is 19.3 Å². The van der Waals surface area contributed by atoms with Gasteiger partial charge in [0.15, 0.2) is 0 Å². The average molecular weight is 549 g/mol. The molecule has 38 heavy (non-hydrogen) atoms.